The first-order chi connectivity index (χ1) is 12.8. The predicted octanol–water partition coefficient (Wildman–Crippen LogP) is 2.53. The van der Waals surface area contributed by atoms with Crippen LogP contribution in [0.2, 0.25) is 0 Å². The van der Waals surface area contributed by atoms with Crippen molar-refractivity contribution in [1.82, 2.24) is 15.5 Å². The van der Waals surface area contributed by atoms with Crippen molar-refractivity contribution in [1.29, 1.82) is 0 Å². The zero-order chi connectivity index (χ0) is 19.9. The van der Waals surface area contributed by atoms with Gasteiger partial charge in [-0.3, -0.25) is 4.79 Å². The molecule has 0 aromatic heterocycles. The van der Waals surface area contributed by atoms with Gasteiger partial charge in [0.1, 0.15) is 6.54 Å². The highest BCUT2D eigenvalue weighted by molar-refractivity contribution is 9.10. The van der Waals surface area contributed by atoms with E-state index in [1.165, 1.54) is 5.56 Å². The monoisotopic (exact) mass is 438 g/mol. The summed E-state index contributed by atoms with van der Waals surface area (Å²) in [6, 6.07) is 8.23. The smallest absolute Gasteiger partial charge is 0.243 e. The van der Waals surface area contributed by atoms with Crippen LogP contribution >= 0.6 is 15.9 Å². The number of nitrogens with one attached hydrogen (secondary N) is 2. The fraction of sp³-hybridized carbons (Fsp3) is 0.600. The topological polar surface area (TPSA) is 66.0 Å². The lowest BCUT2D eigenvalue weighted by Gasteiger charge is -2.28. The number of carbonyl (C=O) groups is 1. The van der Waals surface area contributed by atoms with E-state index in [4.69, 9.17) is 4.74 Å². The molecule has 1 saturated heterocycles. The molecule has 1 aliphatic heterocycles. The van der Waals surface area contributed by atoms with Gasteiger partial charge in [-0.1, -0.05) is 48.0 Å². The number of likely N-dealkylation sites (N-methyl/N-ethyl adjacent to an activating group) is 1. The van der Waals surface area contributed by atoms with Crippen LogP contribution in [0.5, 0.6) is 0 Å². The van der Waals surface area contributed by atoms with Crippen molar-refractivity contribution >= 4 is 27.8 Å². The maximum atomic E-state index is 11.9. The predicted molar refractivity (Wildman–Crippen MR) is 113 cm³/mol. The first-order valence-corrected chi connectivity index (χ1v) is 10.2. The van der Waals surface area contributed by atoms with Gasteiger partial charge in [-0.2, -0.15) is 0 Å². The molecule has 6 nitrogen and oxygen atoms in total. The molecule has 0 bridgehead atoms. The van der Waals surface area contributed by atoms with E-state index in [1.54, 1.807) is 19.0 Å². The molecule has 1 unspecified atom stereocenters. The number of hydrogen-bond acceptors (Lipinski definition) is 3. The molecule has 150 valence electrons. The summed E-state index contributed by atoms with van der Waals surface area (Å²) in [5.41, 5.74) is 1.11. The highest BCUT2D eigenvalue weighted by Gasteiger charge is 2.23. The molecule has 1 heterocycles. The van der Waals surface area contributed by atoms with Gasteiger partial charge < -0.3 is 20.3 Å². The third-order valence-electron chi connectivity index (χ3n) is 4.69. The largest absolute Gasteiger partial charge is 0.376 e. The van der Waals surface area contributed by atoms with E-state index in [0.717, 1.165) is 23.9 Å². The van der Waals surface area contributed by atoms with E-state index >= 15 is 0 Å². The van der Waals surface area contributed by atoms with E-state index in [0.29, 0.717) is 19.0 Å². The van der Waals surface area contributed by atoms with Crippen LogP contribution in [0.15, 0.2) is 33.7 Å². The molecule has 1 atom stereocenters. The summed E-state index contributed by atoms with van der Waals surface area (Å²) in [5, 5.41) is 6.72. The summed E-state index contributed by atoms with van der Waals surface area (Å²) in [5.74, 6) is 0.610. The standard InChI is InChI=1S/C20H31BrN4O2/c1-20(2,16-9-5-6-10-17(16)21)14-24-19(23-13-18(26)25(3)4)22-12-15-8-7-11-27-15/h5-6,9-10,15H,7-8,11-14H2,1-4H3,(H2,22,23,24). The Balaban J connectivity index is 2.02. The van der Waals surface area contributed by atoms with Crippen LogP contribution in [0.25, 0.3) is 0 Å². The van der Waals surface area contributed by atoms with Crippen LogP contribution in [-0.2, 0) is 14.9 Å². The number of nitrogens with zero attached hydrogens (tertiary/aromatic N) is 2. The van der Waals surface area contributed by atoms with Crippen LogP contribution in [0.3, 0.4) is 0 Å². The van der Waals surface area contributed by atoms with E-state index in [1.807, 2.05) is 12.1 Å². The number of ether oxygens (including phenoxy) is 1. The average molecular weight is 439 g/mol. The number of rotatable bonds is 7. The zero-order valence-corrected chi connectivity index (χ0v) is 18.3. The number of guanidine groups is 1. The first kappa shape index (κ1) is 21.7. The van der Waals surface area contributed by atoms with Crippen LogP contribution in [0.1, 0.15) is 32.3 Å². The summed E-state index contributed by atoms with van der Waals surface area (Å²) >= 11 is 3.64. The number of hydrogen-bond donors (Lipinski definition) is 2. The second-order valence-corrected chi connectivity index (χ2v) is 8.54. The molecule has 2 N–H and O–H groups in total. The van der Waals surface area contributed by atoms with Crippen molar-refractivity contribution in [2.75, 3.05) is 40.3 Å². The molecule has 1 fully saturated rings. The Kier molecular flexibility index (Phi) is 8.10. The first-order valence-electron chi connectivity index (χ1n) is 9.38. The molecule has 0 saturated carbocycles. The number of amides is 1. The summed E-state index contributed by atoms with van der Waals surface area (Å²) in [4.78, 5) is 17.9. The maximum absolute atomic E-state index is 11.9. The lowest BCUT2D eigenvalue weighted by atomic mass is 9.84. The average Bonchev–Trinajstić information content (AvgIpc) is 3.14. The van der Waals surface area contributed by atoms with Crippen molar-refractivity contribution in [3.63, 3.8) is 0 Å². The van der Waals surface area contributed by atoms with Gasteiger partial charge in [-0.15, -0.1) is 0 Å². The minimum absolute atomic E-state index is 0.0294. The number of halogens is 1. The van der Waals surface area contributed by atoms with Crippen molar-refractivity contribution in [3.05, 3.63) is 34.3 Å². The lowest BCUT2D eigenvalue weighted by molar-refractivity contribution is -0.127. The summed E-state index contributed by atoms with van der Waals surface area (Å²) in [6.07, 6.45) is 2.36. The molecule has 27 heavy (non-hydrogen) atoms. The number of carbonyl (C=O) groups excluding carboxylic acids is 1. The summed E-state index contributed by atoms with van der Waals surface area (Å²) in [7, 11) is 3.47. The fourth-order valence-electron chi connectivity index (χ4n) is 2.89. The van der Waals surface area contributed by atoms with Gasteiger partial charge in [0.05, 0.1) is 6.10 Å². The van der Waals surface area contributed by atoms with E-state index in [-0.39, 0.29) is 24.0 Å². The zero-order valence-electron chi connectivity index (χ0n) is 16.7. The number of benzene rings is 1. The van der Waals surface area contributed by atoms with Gasteiger partial charge in [0, 0.05) is 43.7 Å². The van der Waals surface area contributed by atoms with Crippen molar-refractivity contribution in [2.45, 2.75) is 38.2 Å². The summed E-state index contributed by atoms with van der Waals surface area (Å²) in [6.45, 7) is 6.68. The minimum Gasteiger partial charge on any atom is -0.376 e. The van der Waals surface area contributed by atoms with Gasteiger partial charge in [-0.25, -0.2) is 4.99 Å². The molecule has 1 amide bonds. The van der Waals surface area contributed by atoms with Crippen molar-refractivity contribution in [2.24, 2.45) is 4.99 Å². The lowest BCUT2D eigenvalue weighted by Crippen LogP contribution is -2.46. The molecule has 0 spiro atoms. The SMILES string of the molecule is CN(C)C(=O)CN=C(NCC1CCCO1)NCC(C)(C)c1ccccc1Br. The number of aliphatic imine (C=N–C) groups is 1. The van der Waals surface area contributed by atoms with Crippen molar-refractivity contribution in [3.8, 4) is 0 Å². The van der Waals surface area contributed by atoms with Crippen LogP contribution in [0, 0.1) is 0 Å². The molecule has 1 aromatic carbocycles. The third-order valence-corrected chi connectivity index (χ3v) is 5.38. The van der Waals surface area contributed by atoms with Crippen LogP contribution < -0.4 is 10.6 Å². The molecule has 2 rings (SSSR count). The van der Waals surface area contributed by atoms with Gasteiger partial charge in [0.2, 0.25) is 5.91 Å². The molecule has 7 heteroatoms. The summed E-state index contributed by atoms with van der Waals surface area (Å²) < 4.78 is 6.76. The minimum atomic E-state index is -0.113. The van der Waals surface area contributed by atoms with Crippen molar-refractivity contribution < 1.29 is 9.53 Å². The Bertz CT molecular complexity index is 655. The molecular formula is C20H31BrN4O2. The van der Waals surface area contributed by atoms with E-state index < -0.39 is 0 Å². The Morgan fingerprint density at radius 2 is 2.07 bits per heavy atom. The highest BCUT2D eigenvalue weighted by Crippen LogP contribution is 2.29. The second-order valence-electron chi connectivity index (χ2n) is 7.69. The van der Waals surface area contributed by atoms with Gasteiger partial charge in [0.15, 0.2) is 5.96 Å². The molecule has 1 aliphatic rings. The third kappa shape index (κ3) is 6.81. The normalized spacial score (nSPS) is 17.7. The Morgan fingerprint density at radius 1 is 1.33 bits per heavy atom. The Labute approximate surface area is 170 Å². The van der Waals surface area contributed by atoms with Gasteiger partial charge in [0.25, 0.3) is 0 Å². The molecule has 0 aliphatic carbocycles. The Morgan fingerprint density at radius 3 is 2.70 bits per heavy atom. The molecule has 0 radical (unpaired) electrons. The van der Waals surface area contributed by atoms with Crippen LogP contribution in [-0.4, -0.2) is 63.2 Å². The molecular weight excluding hydrogens is 408 g/mol. The second kappa shape index (κ2) is 10.1. The maximum Gasteiger partial charge on any atom is 0.243 e. The van der Waals surface area contributed by atoms with E-state index in [2.05, 4.69) is 57.5 Å². The Hall–Kier alpha value is -1.60. The molecule has 1 aromatic rings. The fourth-order valence-corrected chi connectivity index (χ4v) is 3.71. The van der Waals surface area contributed by atoms with Gasteiger partial charge in [-0.05, 0) is 24.5 Å². The van der Waals surface area contributed by atoms with Gasteiger partial charge >= 0.3 is 0 Å². The quantitative estimate of drug-likeness (QED) is 0.506. The highest BCUT2D eigenvalue weighted by atomic mass is 79.9. The van der Waals surface area contributed by atoms with E-state index in [9.17, 15) is 4.79 Å². The van der Waals surface area contributed by atoms with Crippen LogP contribution in [0.4, 0.5) is 0 Å².